The molecule has 3 rings (SSSR count). The monoisotopic (exact) mass is 456 g/mol. The van der Waals surface area contributed by atoms with E-state index in [-0.39, 0.29) is 6.61 Å². The molecule has 0 aliphatic rings. The van der Waals surface area contributed by atoms with Crippen molar-refractivity contribution in [2.24, 2.45) is 5.10 Å². The highest BCUT2D eigenvalue weighted by Crippen LogP contribution is 2.27. The Balaban J connectivity index is 1.47. The maximum absolute atomic E-state index is 12.2. The molecule has 0 bridgehead atoms. The molecule has 6 nitrogen and oxygen atoms in total. The van der Waals surface area contributed by atoms with Gasteiger partial charge in [0.15, 0.2) is 6.61 Å². The molecule has 31 heavy (non-hydrogen) atoms. The van der Waals surface area contributed by atoms with E-state index in [9.17, 15) is 9.59 Å². The summed E-state index contributed by atoms with van der Waals surface area (Å²) in [6.07, 6.45) is 1.46. The van der Waals surface area contributed by atoms with Gasteiger partial charge < -0.3 is 9.47 Å². The Bertz CT molecular complexity index is 1110. The summed E-state index contributed by atoms with van der Waals surface area (Å²) < 4.78 is 10.7. The van der Waals surface area contributed by atoms with E-state index < -0.39 is 11.9 Å². The molecule has 0 saturated carbocycles. The zero-order chi connectivity index (χ0) is 22.2. The van der Waals surface area contributed by atoms with Crippen LogP contribution < -0.4 is 14.9 Å². The lowest BCUT2D eigenvalue weighted by Gasteiger charge is -2.07. The molecule has 0 fully saturated rings. The molecular weight excluding hydrogens is 439 g/mol. The molecule has 8 heteroatoms. The molecule has 0 unspecified atom stereocenters. The van der Waals surface area contributed by atoms with Crippen molar-refractivity contribution < 1.29 is 19.1 Å². The molecule has 0 saturated heterocycles. The second kappa shape index (κ2) is 10.6. The van der Waals surface area contributed by atoms with E-state index in [0.717, 1.165) is 5.56 Å². The number of esters is 1. The number of rotatable bonds is 7. The molecule has 0 spiro atoms. The fourth-order valence-corrected chi connectivity index (χ4v) is 2.97. The van der Waals surface area contributed by atoms with E-state index in [1.807, 2.05) is 13.0 Å². The van der Waals surface area contributed by atoms with Gasteiger partial charge in [-0.05, 0) is 67.1 Å². The lowest BCUT2D eigenvalue weighted by atomic mass is 10.1. The molecule has 158 valence electrons. The Morgan fingerprint density at radius 3 is 2.52 bits per heavy atom. The topological polar surface area (TPSA) is 77.0 Å². The van der Waals surface area contributed by atoms with Crippen molar-refractivity contribution in [1.82, 2.24) is 5.43 Å². The van der Waals surface area contributed by atoms with Crippen molar-refractivity contribution >= 4 is 41.3 Å². The Hall–Kier alpha value is -3.35. The molecule has 1 N–H and O–H groups in total. The van der Waals surface area contributed by atoms with Gasteiger partial charge in [-0.15, -0.1) is 0 Å². The summed E-state index contributed by atoms with van der Waals surface area (Å²) in [5.41, 5.74) is 4.52. The summed E-state index contributed by atoms with van der Waals surface area (Å²) in [4.78, 5) is 24.0. The first kappa shape index (κ1) is 22.3. The fraction of sp³-hybridized carbons (Fsp3) is 0.0870. The molecule has 0 radical (unpaired) electrons. The van der Waals surface area contributed by atoms with Gasteiger partial charge in [-0.1, -0.05) is 40.9 Å². The third kappa shape index (κ3) is 6.84. The van der Waals surface area contributed by atoms with Crippen LogP contribution in [0.4, 0.5) is 0 Å². The number of amides is 1. The zero-order valence-electron chi connectivity index (χ0n) is 16.5. The van der Waals surface area contributed by atoms with Crippen molar-refractivity contribution in [2.45, 2.75) is 6.92 Å². The second-order valence-corrected chi connectivity index (χ2v) is 7.33. The van der Waals surface area contributed by atoms with Crippen LogP contribution in [0.5, 0.6) is 11.5 Å². The fourth-order valence-electron chi connectivity index (χ4n) is 2.51. The van der Waals surface area contributed by atoms with E-state index in [1.165, 1.54) is 12.3 Å². The van der Waals surface area contributed by atoms with Gasteiger partial charge in [0, 0.05) is 5.02 Å². The Morgan fingerprint density at radius 2 is 1.81 bits per heavy atom. The van der Waals surface area contributed by atoms with Gasteiger partial charge in [-0.25, -0.2) is 10.2 Å². The Morgan fingerprint density at radius 1 is 1.03 bits per heavy atom. The van der Waals surface area contributed by atoms with Crippen molar-refractivity contribution in [2.75, 3.05) is 6.61 Å². The van der Waals surface area contributed by atoms with E-state index in [2.05, 4.69) is 10.5 Å². The van der Waals surface area contributed by atoms with Crippen LogP contribution in [0.25, 0.3) is 0 Å². The van der Waals surface area contributed by atoms with Crippen LogP contribution in [-0.2, 0) is 4.79 Å². The molecule has 3 aromatic carbocycles. The molecule has 0 aromatic heterocycles. The molecular formula is C23H18Cl2N2O4. The zero-order valence-corrected chi connectivity index (χ0v) is 18.0. The van der Waals surface area contributed by atoms with Gasteiger partial charge in [-0.3, -0.25) is 4.79 Å². The third-order valence-corrected chi connectivity index (χ3v) is 4.53. The highest BCUT2D eigenvalue weighted by atomic mass is 35.5. The number of hydrazone groups is 1. The lowest BCUT2D eigenvalue weighted by molar-refractivity contribution is -0.123. The van der Waals surface area contributed by atoms with Gasteiger partial charge in [-0.2, -0.15) is 5.10 Å². The van der Waals surface area contributed by atoms with Crippen LogP contribution in [0.3, 0.4) is 0 Å². The molecule has 1 amide bonds. The first-order chi connectivity index (χ1) is 14.9. The lowest BCUT2D eigenvalue weighted by Crippen LogP contribution is -2.24. The van der Waals surface area contributed by atoms with Crippen molar-refractivity contribution in [1.29, 1.82) is 0 Å². The largest absolute Gasteiger partial charge is 0.482 e. The number of nitrogens with zero attached hydrogens (tertiary/aromatic N) is 1. The number of halogens is 2. The smallest absolute Gasteiger partial charge is 0.343 e. The number of carbonyl (C=O) groups is 2. The number of hydrogen-bond acceptors (Lipinski definition) is 5. The summed E-state index contributed by atoms with van der Waals surface area (Å²) in [5, 5.41) is 4.66. The number of aryl methyl sites for hydroxylation is 1. The molecule has 3 aromatic rings. The quantitative estimate of drug-likeness (QED) is 0.233. The van der Waals surface area contributed by atoms with Gasteiger partial charge in [0.05, 0.1) is 16.8 Å². The average Bonchev–Trinajstić information content (AvgIpc) is 2.74. The van der Waals surface area contributed by atoms with Crippen LogP contribution in [0.1, 0.15) is 21.5 Å². The minimum atomic E-state index is -0.453. The minimum Gasteiger partial charge on any atom is -0.482 e. The van der Waals surface area contributed by atoms with Gasteiger partial charge in [0.25, 0.3) is 5.91 Å². The minimum absolute atomic E-state index is 0.257. The van der Waals surface area contributed by atoms with E-state index in [4.69, 9.17) is 32.7 Å². The number of carbonyl (C=O) groups excluding carboxylic acids is 2. The number of nitrogens with one attached hydrogen (secondary N) is 1. The summed E-state index contributed by atoms with van der Waals surface area (Å²) in [6.45, 7) is 1.65. The van der Waals surface area contributed by atoms with Gasteiger partial charge >= 0.3 is 5.97 Å². The van der Waals surface area contributed by atoms with Gasteiger partial charge in [0.2, 0.25) is 0 Å². The third-order valence-electron chi connectivity index (χ3n) is 4.00. The summed E-state index contributed by atoms with van der Waals surface area (Å²) >= 11 is 11.8. The first-order valence-electron chi connectivity index (χ1n) is 9.19. The summed E-state index contributed by atoms with van der Waals surface area (Å²) in [5.74, 6) is -0.133. The molecule has 0 heterocycles. The van der Waals surface area contributed by atoms with Crippen LogP contribution in [0.15, 0.2) is 71.8 Å². The van der Waals surface area contributed by atoms with Crippen LogP contribution in [-0.4, -0.2) is 24.7 Å². The Labute approximate surface area is 189 Å². The SMILES string of the molecule is Cc1cccc(C(=O)Oc2ccc(/C=N\NC(=O)COc3ccc(Cl)cc3Cl)cc2)c1. The molecule has 0 aliphatic carbocycles. The predicted molar refractivity (Wildman–Crippen MR) is 120 cm³/mol. The maximum atomic E-state index is 12.2. The maximum Gasteiger partial charge on any atom is 0.343 e. The second-order valence-electron chi connectivity index (χ2n) is 6.48. The summed E-state index contributed by atoms with van der Waals surface area (Å²) in [6, 6.07) is 18.6. The summed E-state index contributed by atoms with van der Waals surface area (Å²) in [7, 11) is 0. The van der Waals surface area contributed by atoms with E-state index >= 15 is 0 Å². The standard InChI is InChI=1S/C23H18Cl2N2O4/c1-15-3-2-4-17(11-15)23(29)31-19-8-5-16(6-9-19)13-26-27-22(28)14-30-21-10-7-18(24)12-20(21)25/h2-13H,14H2,1H3,(H,27,28)/b26-13-. The van der Waals surface area contributed by atoms with Crippen molar-refractivity contribution in [3.05, 3.63) is 93.5 Å². The van der Waals surface area contributed by atoms with E-state index in [0.29, 0.717) is 32.7 Å². The number of hydrogen-bond donors (Lipinski definition) is 1. The van der Waals surface area contributed by atoms with Crippen molar-refractivity contribution in [3.63, 3.8) is 0 Å². The average molecular weight is 457 g/mol. The van der Waals surface area contributed by atoms with Crippen molar-refractivity contribution in [3.8, 4) is 11.5 Å². The van der Waals surface area contributed by atoms with Gasteiger partial charge in [0.1, 0.15) is 11.5 Å². The predicted octanol–water partition coefficient (Wildman–Crippen LogP) is 5.05. The molecule has 0 atom stereocenters. The number of benzene rings is 3. The highest BCUT2D eigenvalue weighted by Gasteiger charge is 2.09. The first-order valence-corrected chi connectivity index (χ1v) is 9.95. The normalized spacial score (nSPS) is 10.7. The van der Waals surface area contributed by atoms with Crippen LogP contribution in [0, 0.1) is 6.92 Å². The van der Waals surface area contributed by atoms with Crippen LogP contribution >= 0.6 is 23.2 Å². The van der Waals surface area contributed by atoms with E-state index in [1.54, 1.807) is 54.6 Å². The Kier molecular flexibility index (Phi) is 7.65. The number of ether oxygens (including phenoxy) is 2. The highest BCUT2D eigenvalue weighted by molar-refractivity contribution is 6.35. The molecule has 0 aliphatic heterocycles. The van der Waals surface area contributed by atoms with Crippen LogP contribution in [0.2, 0.25) is 10.0 Å².